The smallest absolute Gasteiger partial charge is 0.264 e. The molecule has 4 aliphatic carbocycles. The molecule has 4 aromatic carbocycles. The van der Waals surface area contributed by atoms with Crippen molar-refractivity contribution in [1.29, 1.82) is 0 Å². The molecule has 14 rings (SSSR count). The molecule has 96 heavy (non-hydrogen) atoms. The molecule has 2 fully saturated rings. The first kappa shape index (κ1) is 67.7. The number of hydrogen-bond donors (Lipinski definition) is 4. The van der Waals surface area contributed by atoms with E-state index in [0.717, 1.165) is 57.1 Å². The highest BCUT2D eigenvalue weighted by Crippen LogP contribution is 2.54. The third kappa shape index (κ3) is 12.8. The number of fused-ring (bicyclic) bond motifs is 8. The number of rotatable bonds is 2. The van der Waals surface area contributed by atoms with E-state index in [1.54, 1.807) is 56.3 Å². The number of aromatic nitrogens is 2. The number of halogens is 4. The molecule has 0 saturated heterocycles. The lowest BCUT2D eigenvalue weighted by Crippen LogP contribution is -2.51. The summed E-state index contributed by atoms with van der Waals surface area (Å²) >= 11 is 12.9. The first-order valence-electron chi connectivity index (χ1n) is 33.7. The SMILES string of the molecule is C=S1(=O)NC(=O)c2ccc3c(c2)N(C[C@@H]2CC[C@H]2[C@](O)(c2cnccc2F)/C=C/C[C@H](C)[C@H]1C)C[C@@]1(CCCc2cc(Cl)ccc21)CO3.C[C@@H]1[C@@H](C)C/C=C/[C@](O)(c2cnccc2F)[C@@H]2CC[C@H]2CN2C[C@@]3(CCCc4cc(Cl)ccc43)COc3ccc(cc32)C(=O)NS1(=O)=O. The summed E-state index contributed by atoms with van der Waals surface area (Å²) in [6.45, 7) is 10.3. The number of aryl methyl sites for hydroxylation is 2. The molecule has 4 N–H and O–H groups in total. The Morgan fingerprint density at radius 3 is 1.48 bits per heavy atom. The van der Waals surface area contributed by atoms with E-state index >= 15 is 8.78 Å². The predicted octanol–water partition coefficient (Wildman–Crippen LogP) is 12.9. The topological polar surface area (TPSA) is 201 Å². The lowest BCUT2D eigenvalue weighted by Gasteiger charge is -2.49. The van der Waals surface area contributed by atoms with Crippen LogP contribution in [0.4, 0.5) is 20.2 Å². The Hall–Kier alpha value is -6.87. The third-order valence-electron chi connectivity index (χ3n) is 22.8. The van der Waals surface area contributed by atoms with Gasteiger partial charge in [-0.05, 0) is 215 Å². The molecule has 2 amide bonds. The summed E-state index contributed by atoms with van der Waals surface area (Å²) in [5.41, 5.74) is 3.15. The van der Waals surface area contributed by atoms with Crippen LogP contribution in [0, 0.1) is 47.1 Å². The summed E-state index contributed by atoms with van der Waals surface area (Å²) in [7, 11) is -7.11. The molecule has 4 bridgehead atoms. The first-order valence-corrected chi connectivity index (χ1v) is 37.8. The second-order valence-corrected chi connectivity index (χ2v) is 33.9. The van der Waals surface area contributed by atoms with E-state index < -0.39 is 70.8 Å². The Kier molecular flexibility index (Phi) is 18.6. The van der Waals surface area contributed by atoms with Crippen LogP contribution in [0.25, 0.3) is 0 Å². The largest absolute Gasteiger partial charge is 0.490 e. The number of ether oxygens (including phenoxy) is 2. The zero-order chi connectivity index (χ0) is 67.7. The molecule has 4 aliphatic heterocycles. The van der Waals surface area contributed by atoms with Gasteiger partial charge in [0.2, 0.25) is 10.0 Å². The van der Waals surface area contributed by atoms with E-state index in [0.29, 0.717) is 97.9 Å². The van der Waals surface area contributed by atoms with Gasteiger partial charge in [0, 0.05) is 111 Å². The quantitative estimate of drug-likeness (QED) is 0.0943. The molecule has 2 spiro atoms. The molecular formula is C75H84Cl2F2N6O9S2. The predicted molar refractivity (Wildman–Crippen MR) is 373 cm³/mol. The summed E-state index contributed by atoms with van der Waals surface area (Å²) in [6.07, 6.45) is 21.9. The number of sulfonamides is 1. The minimum atomic E-state index is -4.05. The minimum Gasteiger partial charge on any atom is -0.490 e. The highest BCUT2D eigenvalue weighted by molar-refractivity contribution is 7.99. The fraction of sp³-hybridized carbons (Fsp3) is 0.453. The molecule has 0 radical (unpaired) electrons. The van der Waals surface area contributed by atoms with Crippen molar-refractivity contribution in [2.45, 2.75) is 137 Å². The highest BCUT2D eigenvalue weighted by atomic mass is 35.5. The third-order valence-corrected chi connectivity index (χ3v) is 27.4. The number of anilines is 2. The number of carbonyl (C=O) groups excluding carboxylic acids is 2. The van der Waals surface area contributed by atoms with E-state index in [-0.39, 0.29) is 57.1 Å². The lowest BCUT2D eigenvalue weighted by atomic mass is 9.62. The Morgan fingerprint density at radius 2 is 1.04 bits per heavy atom. The Bertz CT molecular complexity index is 4040. The average molecular weight is 1390 g/mol. The van der Waals surface area contributed by atoms with Gasteiger partial charge in [0.05, 0.1) is 39.5 Å². The number of allylic oxidation sites excluding steroid dienone is 2. The molecule has 2 saturated carbocycles. The summed E-state index contributed by atoms with van der Waals surface area (Å²) in [6, 6.07) is 25.1. The number of amides is 2. The van der Waals surface area contributed by atoms with Crippen LogP contribution in [0.5, 0.6) is 11.5 Å². The van der Waals surface area contributed by atoms with Crippen LogP contribution in [-0.2, 0) is 54.6 Å². The van der Waals surface area contributed by atoms with Gasteiger partial charge in [0.15, 0.2) is 0 Å². The Morgan fingerprint density at radius 1 is 0.594 bits per heavy atom. The normalized spacial score (nSPS) is 33.1. The molecule has 6 heterocycles. The van der Waals surface area contributed by atoms with E-state index in [4.69, 9.17) is 32.7 Å². The number of carbonyl (C=O) groups is 2. The van der Waals surface area contributed by atoms with Crippen molar-refractivity contribution in [2.24, 2.45) is 35.5 Å². The number of benzene rings is 4. The molecule has 8 aliphatic rings. The van der Waals surface area contributed by atoms with Crippen LogP contribution >= 0.6 is 23.2 Å². The molecule has 1 unspecified atom stereocenters. The number of aliphatic hydroxyl groups is 2. The van der Waals surface area contributed by atoms with Crippen molar-refractivity contribution < 1.29 is 50.7 Å². The van der Waals surface area contributed by atoms with Crippen LogP contribution < -0.4 is 28.7 Å². The van der Waals surface area contributed by atoms with Gasteiger partial charge in [0.1, 0.15) is 34.3 Å². The van der Waals surface area contributed by atoms with Gasteiger partial charge in [-0.1, -0.05) is 73.5 Å². The zero-order valence-electron chi connectivity index (χ0n) is 54.6. The van der Waals surface area contributed by atoms with Crippen LogP contribution in [0.1, 0.15) is 146 Å². The first-order chi connectivity index (χ1) is 45.8. The zero-order valence-corrected chi connectivity index (χ0v) is 57.8. The summed E-state index contributed by atoms with van der Waals surface area (Å²) in [5.74, 6) is 1.84. The molecule has 13 atom stereocenters. The summed E-state index contributed by atoms with van der Waals surface area (Å²) in [5, 5.41) is 24.9. The van der Waals surface area contributed by atoms with E-state index in [1.807, 2.05) is 50.3 Å². The maximum Gasteiger partial charge on any atom is 0.264 e. The number of hydrogen-bond acceptors (Lipinski definition) is 13. The van der Waals surface area contributed by atoms with Crippen LogP contribution in [0.15, 0.2) is 134 Å². The van der Waals surface area contributed by atoms with Crippen LogP contribution in [0.3, 0.4) is 0 Å². The van der Waals surface area contributed by atoms with Crippen molar-refractivity contribution in [2.75, 3.05) is 49.2 Å². The van der Waals surface area contributed by atoms with Crippen molar-refractivity contribution in [3.63, 3.8) is 0 Å². The van der Waals surface area contributed by atoms with Gasteiger partial charge in [0.25, 0.3) is 11.8 Å². The maximum absolute atomic E-state index is 15.5. The molecule has 2 aromatic heterocycles. The van der Waals surface area contributed by atoms with Crippen LogP contribution in [0.2, 0.25) is 10.0 Å². The van der Waals surface area contributed by atoms with Crippen molar-refractivity contribution in [3.05, 3.63) is 200 Å². The van der Waals surface area contributed by atoms with Gasteiger partial charge in [-0.15, -0.1) is 0 Å². The van der Waals surface area contributed by atoms with E-state index in [2.05, 4.69) is 53.3 Å². The average Bonchev–Trinajstić information content (AvgIpc) is 1.04. The summed E-state index contributed by atoms with van der Waals surface area (Å²) < 4.78 is 89.7. The monoisotopic (exact) mass is 1380 g/mol. The van der Waals surface area contributed by atoms with Crippen molar-refractivity contribution in [3.8, 4) is 11.5 Å². The molecular weight excluding hydrogens is 1300 g/mol. The Balaban J connectivity index is 0.000000174. The fourth-order valence-electron chi connectivity index (χ4n) is 16.6. The number of nitrogens with one attached hydrogen (secondary N) is 2. The highest BCUT2D eigenvalue weighted by Gasteiger charge is 2.52. The standard InChI is InChI=1S/C38H43ClFN3O4S.C37H41ClFN3O5S/c1-24-6-4-16-38(45,32-20-41-17-14-33(32)40)31-11-8-28(31)21-43-22-37(15-5-7-26-18-29(39)10-12-30(26)37)23-47-35-13-9-27(19-34(35)43)36(44)42-48(3,46)25(24)2;1-23-5-3-15-37(44,31-19-40-16-13-32(31)39)30-10-7-27(30)20-42-21-36(14-4-6-25-17-28(38)9-11-29(25)36)22-47-34-12-8-26(18-33(34)42)35(43)41-48(45,46)24(23)2/h4,9-10,12-14,16-20,24-25,28,31,45H,3,5-8,11,15,21-23H2,1-2H3,(H,42,44,46);3,8-9,11-13,15-19,23-24,27,30,44H,4-7,10,14,20-22H2,1-2H3,(H,41,43)/b16-4+;15-3+/t24-,25+,28-,31+,37-,38-,48?;23-,24+,27-,30+,36-,37+/m00/s1. The fourth-order valence-corrected chi connectivity index (χ4v) is 19.7. The van der Waals surface area contributed by atoms with Gasteiger partial charge < -0.3 is 29.5 Å². The number of nitrogens with zero attached hydrogens (tertiary/aromatic N) is 4. The second kappa shape index (κ2) is 26.4. The van der Waals surface area contributed by atoms with Gasteiger partial charge in [-0.25, -0.2) is 26.1 Å². The second-order valence-electron chi connectivity index (χ2n) is 28.6. The van der Waals surface area contributed by atoms with Gasteiger partial charge in [-0.3, -0.25) is 24.3 Å². The lowest BCUT2D eigenvalue weighted by molar-refractivity contribution is -0.0526. The Labute approximate surface area is 572 Å². The van der Waals surface area contributed by atoms with E-state index in [1.165, 1.54) is 59.2 Å². The van der Waals surface area contributed by atoms with Gasteiger partial charge >= 0.3 is 0 Å². The molecule has 15 nitrogen and oxygen atoms in total. The van der Waals surface area contributed by atoms with Gasteiger partial charge in [-0.2, -0.15) is 0 Å². The maximum atomic E-state index is 15.5. The molecule has 6 aromatic rings. The van der Waals surface area contributed by atoms with Crippen LogP contribution in [-0.4, -0.2) is 100 Å². The summed E-state index contributed by atoms with van der Waals surface area (Å²) in [4.78, 5) is 40.0. The minimum absolute atomic E-state index is 0.0100. The van der Waals surface area contributed by atoms with Crippen molar-refractivity contribution in [1.82, 2.24) is 19.4 Å². The molecule has 508 valence electrons. The molecule has 21 heteroatoms. The number of pyridine rings is 2. The van der Waals surface area contributed by atoms with E-state index in [9.17, 15) is 32.4 Å². The van der Waals surface area contributed by atoms with Crippen molar-refractivity contribution >= 4 is 72.0 Å².